The van der Waals surface area contributed by atoms with Gasteiger partial charge in [-0.2, -0.15) is 11.0 Å². The Hall–Kier alpha value is -0.440. The Kier molecular flexibility index (Phi) is 17.5. The quantitative estimate of drug-likeness (QED) is 0.116. The molecule has 0 aliphatic carbocycles. The van der Waals surface area contributed by atoms with Crippen molar-refractivity contribution in [1.29, 1.82) is 0 Å². The predicted octanol–water partition coefficient (Wildman–Crippen LogP) is 4.12. The Morgan fingerprint density at radius 2 is 0.830 bits per heavy atom. The highest BCUT2D eigenvalue weighted by Crippen LogP contribution is 2.35. The van der Waals surface area contributed by atoms with Crippen LogP contribution in [0.1, 0.15) is 59.0 Å². The van der Waals surface area contributed by atoms with E-state index in [-0.39, 0.29) is 33.4 Å². The molecule has 14 nitrogen and oxygen atoms in total. The van der Waals surface area contributed by atoms with Gasteiger partial charge in [-0.1, -0.05) is 0 Å². The fourth-order valence-electron chi connectivity index (χ4n) is 3.54. The van der Waals surface area contributed by atoms with Gasteiger partial charge in [0.15, 0.2) is 0 Å². The minimum Gasteiger partial charge on any atom is -0.355 e. The molecule has 252 valence electrons. The molecule has 0 saturated heterocycles. The Morgan fingerprint density at radius 3 is 1.11 bits per heavy atom. The molecule has 0 spiro atoms. The molecule has 2 rings (SSSR count). The summed E-state index contributed by atoms with van der Waals surface area (Å²) >= 11 is 22.4. The Balaban J connectivity index is 2.06. The molecule has 2 aromatic rings. The van der Waals surface area contributed by atoms with E-state index in [1.165, 1.54) is 14.1 Å². The van der Waals surface area contributed by atoms with Crippen LogP contribution in [0.3, 0.4) is 0 Å². The largest absolute Gasteiger partial charge is 0.355 e. The summed E-state index contributed by atoms with van der Waals surface area (Å²) in [5.41, 5.74) is 4.41. The van der Waals surface area contributed by atoms with Crippen LogP contribution in [0.25, 0.3) is 0 Å². The van der Waals surface area contributed by atoms with Crippen LogP contribution in [-0.4, -0.2) is 60.1 Å². The van der Waals surface area contributed by atoms with E-state index in [1.807, 2.05) is 136 Å². The van der Waals surface area contributed by atoms with Gasteiger partial charge in [0.05, 0.1) is 35.1 Å². The first-order valence-corrected chi connectivity index (χ1v) is 19.3. The van der Waals surface area contributed by atoms with Gasteiger partial charge >= 0.3 is 11.9 Å². The van der Waals surface area contributed by atoms with Crippen molar-refractivity contribution in [2.24, 2.45) is 0 Å². The van der Waals surface area contributed by atoms with E-state index in [0.717, 1.165) is 0 Å². The zero-order chi connectivity index (χ0) is 35.9. The van der Waals surface area contributed by atoms with Crippen LogP contribution < -0.4 is 21.6 Å². The molecule has 0 radical (unpaired) electrons. The van der Waals surface area contributed by atoms with Gasteiger partial charge in [-0.3, -0.25) is 28.8 Å². The fourth-order valence-corrected chi connectivity index (χ4v) is 13.6. The second-order valence-electron chi connectivity index (χ2n) is 8.58. The van der Waals surface area contributed by atoms with Crippen LogP contribution in [0.2, 0.25) is 0 Å². The molecule has 0 aromatic heterocycles. The summed E-state index contributed by atoms with van der Waals surface area (Å²) in [6.07, 6.45) is -1.88. The van der Waals surface area contributed by atoms with Crippen molar-refractivity contribution < 1.29 is 48.0 Å². The second-order valence-corrected chi connectivity index (χ2v) is 15.7. The van der Waals surface area contributed by atoms with Crippen LogP contribution in [0.4, 0.5) is 0 Å². The lowest BCUT2D eigenvalue weighted by Crippen LogP contribution is -2.35. The summed E-state index contributed by atoms with van der Waals surface area (Å²) < 4.78 is 1.90. The van der Waals surface area contributed by atoms with Crippen LogP contribution >= 0.6 is 159 Å². The van der Waals surface area contributed by atoms with E-state index in [1.54, 1.807) is 11.0 Å². The third-order valence-corrected chi connectivity index (χ3v) is 12.9. The molecular formula is C25H16Cl2I6N4O10. The van der Waals surface area contributed by atoms with Crippen molar-refractivity contribution in [3.63, 3.8) is 0 Å². The van der Waals surface area contributed by atoms with Crippen LogP contribution in [0, 0.1) is 21.4 Å². The summed E-state index contributed by atoms with van der Waals surface area (Å²) in [7, 11) is 2.79. The number of carbonyl (C=O) groups is 8. The third-order valence-electron chi connectivity index (χ3n) is 5.64. The summed E-state index contributed by atoms with van der Waals surface area (Å²) in [5.74, 6) is -5.18. The number of benzene rings is 2. The highest BCUT2D eigenvalue weighted by Gasteiger charge is 2.30. The molecule has 4 amide bonds. The molecule has 22 heteroatoms. The molecular weight excluding hydrogens is 1350 g/mol. The smallest absolute Gasteiger partial charge is 0.336 e. The van der Waals surface area contributed by atoms with Gasteiger partial charge < -0.3 is 20.3 Å². The maximum atomic E-state index is 12.5. The first kappa shape index (κ1) is 42.7. The monoisotopic (exact) mass is 1360 g/mol. The molecule has 0 bridgehead atoms. The van der Waals surface area contributed by atoms with Crippen molar-refractivity contribution in [1.82, 2.24) is 21.6 Å². The zero-order valence-corrected chi connectivity index (χ0v) is 37.7. The molecule has 0 aliphatic heterocycles. The van der Waals surface area contributed by atoms with E-state index < -0.39 is 65.3 Å². The molecule has 4 N–H and O–H groups in total. The number of halogens is 8. The van der Waals surface area contributed by atoms with E-state index in [9.17, 15) is 38.4 Å². The number of hydrogen-bond donors (Lipinski definition) is 4. The van der Waals surface area contributed by atoms with Gasteiger partial charge in [-0.25, -0.2) is 9.59 Å². The number of hydroxylamine groups is 2. The Labute approximate surface area is 357 Å². The fraction of sp³-hybridized carbons (Fsp3) is 0.200. The molecule has 0 heterocycles. The first-order chi connectivity index (χ1) is 21.9. The molecule has 2 aromatic carbocycles. The number of carbonyl (C=O) groups excluding carboxylic acids is 8. The Morgan fingerprint density at radius 1 is 0.532 bits per heavy atom. The number of amides is 4. The van der Waals surface area contributed by atoms with Crippen molar-refractivity contribution in [3.8, 4) is 0 Å². The highest BCUT2D eigenvalue weighted by molar-refractivity contribution is 14.1. The van der Waals surface area contributed by atoms with Crippen molar-refractivity contribution >= 4 is 205 Å². The normalized spacial score (nSPS) is 10.4. The maximum absolute atomic E-state index is 12.5. The maximum Gasteiger partial charge on any atom is 0.336 e. The van der Waals surface area contributed by atoms with Gasteiger partial charge in [0.2, 0.25) is 0 Å². The molecule has 47 heavy (non-hydrogen) atoms. The van der Waals surface area contributed by atoms with Gasteiger partial charge in [0, 0.05) is 35.5 Å². The molecule has 0 atom stereocenters. The van der Waals surface area contributed by atoms with Crippen molar-refractivity contribution in [2.75, 3.05) is 14.1 Å². The van der Waals surface area contributed by atoms with Crippen LogP contribution in [0.5, 0.6) is 0 Å². The average molecular weight is 1360 g/mol. The summed E-state index contributed by atoms with van der Waals surface area (Å²) in [6, 6.07) is 0. The SMILES string of the molecule is CNC(=O)c1c(I)c(CC(=O)ONC(=O)CC(=O)NOC(=O)Cc2c(I)c(C(=O)Cl)c(I)c(C(=O)NC)c2I)c(I)c(C(=O)Cl)c1I. The van der Waals surface area contributed by atoms with E-state index in [2.05, 4.69) is 10.6 Å². The molecule has 0 aliphatic rings. The standard InChI is InChI=1S/C25H16Cl2I6N4O10/c1-34-24(44)14-18(30)6(16(28)12(20(14)32)22(26)42)3-10(40)46-36-8(38)5-9(39)37-47-11(41)4-7-17(29)13(23(27)43)21(33)15(19(7)31)25(45)35-2/h3-5H2,1-2H3,(H,34,44)(H,35,45)(H,36,38)(H,37,39). The van der Waals surface area contributed by atoms with E-state index in [4.69, 9.17) is 32.9 Å². The molecule has 0 unspecified atom stereocenters. The number of nitrogens with one attached hydrogen (secondary N) is 4. The second kappa shape index (κ2) is 19.2. The number of rotatable bonds is 10. The predicted molar refractivity (Wildman–Crippen MR) is 217 cm³/mol. The molecule has 0 saturated carbocycles. The van der Waals surface area contributed by atoms with Gasteiger partial charge in [0.1, 0.15) is 6.42 Å². The zero-order valence-electron chi connectivity index (χ0n) is 23.2. The molecule has 0 fully saturated rings. The minimum absolute atomic E-state index is 0.0243. The number of hydrogen-bond acceptors (Lipinski definition) is 10. The van der Waals surface area contributed by atoms with E-state index >= 15 is 0 Å². The lowest BCUT2D eigenvalue weighted by atomic mass is 10.0. The lowest BCUT2D eigenvalue weighted by Gasteiger charge is -2.17. The first-order valence-electron chi connectivity index (χ1n) is 12.1. The van der Waals surface area contributed by atoms with E-state index in [0.29, 0.717) is 21.4 Å². The summed E-state index contributed by atoms with van der Waals surface area (Å²) in [4.78, 5) is 108. The van der Waals surface area contributed by atoms with Crippen LogP contribution in [0.15, 0.2) is 0 Å². The van der Waals surface area contributed by atoms with Gasteiger partial charge in [0.25, 0.3) is 34.1 Å². The minimum atomic E-state index is -1.08. The topological polar surface area (TPSA) is 203 Å². The van der Waals surface area contributed by atoms with Gasteiger partial charge in [-0.15, -0.1) is 0 Å². The van der Waals surface area contributed by atoms with Crippen molar-refractivity contribution in [2.45, 2.75) is 19.3 Å². The highest BCUT2D eigenvalue weighted by atomic mass is 127. The van der Waals surface area contributed by atoms with Gasteiger partial charge in [-0.05, 0) is 170 Å². The van der Waals surface area contributed by atoms with Crippen LogP contribution in [-0.2, 0) is 41.7 Å². The van der Waals surface area contributed by atoms with Crippen molar-refractivity contribution in [3.05, 3.63) is 54.8 Å². The summed E-state index contributed by atoms with van der Waals surface area (Å²) in [6.45, 7) is 0. The third kappa shape index (κ3) is 10.8. The Bertz CT molecular complexity index is 1620. The lowest BCUT2D eigenvalue weighted by molar-refractivity contribution is -0.161. The summed E-state index contributed by atoms with van der Waals surface area (Å²) in [5, 5.41) is 3.22. The average Bonchev–Trinajstić information content (AvgIpc) is 2.98.